The molecule has 0 heterocycles. The lowest BCUT2D eigenvalue weighted by molar-refractivity contribution is -0.133. The summed E-state index contributed by atoms with van der Waals surface area (Å²) in [5.41, 5.74) is -1.83. The highest BCUT2D eigenvalue weighted by molar-refractivity contribution is 5.98. The molecule has 0 fully saturated rings. The lowest BCUT2D eigenvalue weighted by Gasteiger charge is -2.25. The first-order valence-corrected chi connectivity index (χ1v) is 4.69. The normalized spacial score (nSPS) is 11.4. The molecule has 3 nitrogen and oxygen atoms in total. The summed E-state index contributed by atoms with van der Waals surface area (Å²) >= 11 is 0. The molecule has 1 aromatic carbocycles. The van der Waals surface area contributed by atoms with Crippen molar-refractivity contribution in [2.45, 2.75) is 19.4 Å². The number of carbonyl (C=O) groups excluding carboxylic acids is 1. The maximum atomic E-state index is 13.3. The summed E-state index contributed by atoms with van der Waals surface area (Å²) < 4.78 is 26.2. The monoisotopic (exact) mass is 229 g/mol. The molecule has 0 aliphatic carbocycles. The van der Waals surface area contributed by atoms with Crippen LogP contribution in [-0.2, 0) is 4.79 Å². The lowest BCUT2D eigenvalue weighted by atomic mass is 10.1. The van der Waals surface area contributed by atoms with Crippen molar-refractivity contribution < 1.29 is 18.7 Å². The Balaban J connectivity index is 3.10. The summed E-state index contributed by atoms with van der Waals surface area (Å²) in [5, 5.41) is 9.47. The molecule has 0 aromatic heterocycles. The Morgan fingerprint density at radius 2 is 1.94 bits per heavy atom. The van der Waals surface area contributed by atoms with Crippen LogP contribution in [0.5, 0.6) is 0 Å². The Labute approximate surface area is 92.3 Å². The van der Waals surface area contributed by atoms with E-state index in [9.17, 15) is 18.7 Å². The molecule has 0 radical (unpaired) electrons. The van der Waals surface area contributed by atoms with Gasteiger partial charge in [-0.25, -0.2) is 8.78 Å². The molecule has 0 atom stereocenters. The van der Waals surface area contributed by atoms with Crippen molar-refractivity contribution in [3.63, 3.8) is 0 Å². The predicted octanol–water partition coefficient (Wildman–Crippen LogP) is 1.70. The predicted molar refractivity (Wildman–Crippen MR) is 56.1 cm³/mol. The van der Waals surface area contributed by atoms with Crippen LogP contribution in [0.1, 0.15) is 13.8 Å². The molecular weight excluding hydrogens is 216 g/mol. The van der Waals surface area contributed by atoms with E-state index >= 15 is 0 Å². The van der Waals surface area contributed by atoms with Crippen molar-refractivity contribution in [3.8, 4) is 0 Å². The van der Waals surface area contributed by atoms with E-state index in [2.05, 4.69) is 0 Å². The van der Waals surface area contributed by atoms with Gasteiger partial charge in [-0.05, 0) is 26.0 Å². The number of amides is 1. The molecule has 0 unspecified atom stereocenters. The van der Waals surface area contributed by atoms with Crippen LogP contribution in [0, 0.1) is 11.6 Å². The fourth-order valence-corrected chi connectivity index (χ4v) is 1.26. The Hall–Kier alpha value is -1.49. The minimum Gasteiger partial charge on any atom is -0.381 e. The third-order valence-electron chi connectivity index (χ3n) is 2.10. The average molecular weight is 229 g/mol. The molecule has 1 N–H and O–H groups in total. The number of halogens is 2. The van der Waals surface area contributed by atoms with Crippen LogP contribution in [0.25, 0.3) is 0 Å². The second-order valence-electron chi connectivity index (χ2n) is 4.02. The van der Waals surface area contributed by atoms with Crippen molar-refractivity contribution in [1.29, 1.82) is 0 Å². The van der Waals surface area contributed by atoms with Crippen LogP contribution in [0.2, 0.25) is 0 Å². The van der Waals surface area contributed by atoms with Crippen molar-refractivity contribution in [1.82, 2.24) is 0 Å². The van der Waals surface area contributed by atoms with Gasteiger partial charge in [0.2, 0.25) is 0 Å². The maximum Gasteiger partial charge on any atom is 0.258 e. The molecule has 5 heteroatoms. The van der Waals surface area contributed by atoms with E-state index in [0.717, 1.165) is 23.1 Å². The van der Waals surface area contributed by atoms with Crippen LogP contribution in [-0.4, -0.2) is 23.7 Å². The zero-order chi connectivity index (χ0) is 12.5. The Kier molecular flexibility index (Phi) is 3.28. The van der Waals surface area contributed by atoms with Gasteiger partial charge in [0, 0.05) is 13.1 Å². The molecule has 1 aromatic rings. The lowest BCUT2D eigenvalue weighted by Crippen LogP contribution is -2.43. The molecule has 16 heavy (non-hydrogen) atoms. The largest absolute Gasteiger partial charge is 0.381 e. The quantitative estimate of drug-likeness (QED) is 0.838. The molecular formula is C11H13F2NO2. The zero-order valence-corrected chi connectivity index (χ0v) is 9.29. The summed E-state index contributed by atoms with van der Waals surface area (Å²) in [4.78, 5) is 12.5. The van der Waals surface area contributed by atoms with Crippen molar-refractivity contribution >= 4 is 11.6 Å². The number of benzene rings is 1. The summed E-state index contributed by atoms with van der Waals surface area (Å²) in [6, 6.07) is 2.79. The fraction of sp³-hybridized carbons (Fsp3) is 0.364. The number of carbonyl (C=O) groups is 1. The summed E-state index contributed by atoms with van der Waals surface area (Å²) in [7, 11) is 1.28. The van der Waals surface area contributed by atoms with Gasteiger partial charge in [0.05, 0.1) is 5.69 Å². The molecule has 0 saturated carbocycles. The molecule has 88 valence electrons. The first-order valence-electron chi connectivity index (χ1n) is 4.69. The SMILES string of the molecule is CN(C(=O)C(C)(C)O)c1cc(F)ccc1F. The molecule has 0 spiro atoms. The summed E-state index contributed by atoms with van der Waals surface area (Å²) in [6.07, 6.45) is 0. The Bertz CT molecular complexity index is 413. The summed E-state index contributed by atoms with van der Waals surface area (Å²) in [5.74, 6) is -2.08. The van der Waals surface area contributed by atoms with Gasteiger partial charge in [0.15, 0.2) is 0 Å². The maximum absolute atomic E-state index is 13.3. The fourth-order valence-electron chi connectivity index (χ4n) is 1.26. The number of hydrogen-bond acceptors (Lipinski definition) is 2. The first kappa shape index (κ1) is 12.6. The second-order valence-corrected chi connectivity index (χ2v) is 4.02. The van der Waals surface area contributed by atoms with Crippen molar-refractivity contribution in [2.75, 3.05) is 11.9 Å². The van der Waals surface area contributed by atoms with Crippen LogP contribution in [0.15, 0.2) is 18.2 Å². The van der Waals surface area contributed by atoms with Crippen LogP contribution < -0.4 is 4.90 Å². The molecule has 0 aliphatic heterocycles. The average Bonchev–Trinajstić information content (AvgIpc) is 2.18. The smallest absolute Gasteiger partial charge is 0.258 e. The number of hydrogen-bond donors (Lipinski definition) is 1. The highest BCUT2D eigenvalue weighted by Crippen LogP contribution is 2.21. The first-order chi connectivity index (χ1) is 7.23. The molecule has 0 saturated heterocycles. The number of nitrogens with zero attached hydrogens (tertiary/aromatic N) is 1. The van der Waals surface area contributed by atoms with Gasteiger partial charge in [-0.1, -0.05) is 0 Å². The van der Waals surface area contributed by atoms with Crippen LogP contribution in [0.4, 0.5) is 14.5 Å². The minimum absolute atomic E-state index is 0.202. The van der Waals surface area contributed by atoms with Crippen LogP contribution >= 0.6 is 0 Å². The molecule has 1 amide bonds. The number of likely N-dealkylation sites (N-methyl/N-ethyl adjacent to an activating group) is 1. The standard InChI is InChI=1S/C11H13F2NO2/c1-11(2,16)10(15)14(3)9-6-7(12)4-5-8(9)13/h4-6,16H,1-3H3. The van der Waals surface area contributed by atoms with Crippen LogP contribution in [0.3, 0.4) is 0 Å². The highest BCUT2D eigenvalue weighted by Gasteiger charge is 2.29. The number of rotatable bonds is 2. The Morgan fingerprint density at radius 3 is 2.44 bits per heavy atom. The van der Waals surface area contributed by atoms with E-state index in [0.29, 0.717) is 0 Å². The second kappa shape index (κ2) is 4.17. The van der Waals surface area contributed by atoms with Gasteiger partial charge in [-0.15, -0.1) is 0 Å². The van der Waals surface area contributed by atoms with E-state index in [1.165, 1.54) is 20.9 Å². The number of aliphatic hydroxyl groups is 1. The van der Waals surface area contributed by atoms with Gasteiger partial charge < -0.3 is 10.0 Å². The van der Waals surface area contributed by atoms with E-state index < -0.39 is 23.1 Å². The van der Waals surface area contributed by atoms with Gasteiger partial charge in [-0.3, -0.25) is 4.79 Å². The van der Waals surface area contributed by atoms with E-state index in [1.807, 2.05) is 0 Å². The third kappa shape index (κ3) is 2.55. The van der Waals surface area contributed by atoms with E-state index in [-0.39, 0.29) is 5.69 Å². The molecule has 1 rings (SSSR count). The van der Waals surface area contributed by atoms with Crippen molar-refractivity contribution in [2.24, 2.45) is 0 Å². The van der Waals surface area contributed by atoms with Gasteiger partial charge in [0.25, 0.3) is 5.91 Å². The number of anilines is 1. The van der Waals surface area contributed by atoms with E-state index in [4.69, 9.17) is 0 Å². The molecule has 0 aliphatic rings. The van der Waals surface area contributed by atoms with E-state index in [1.54, 1.807) is 0 Å². The van der Waals surface area contributed by atoms with Gasteiger partial charge >= 0.3 is 0 Å². The summed E-state index contributed by atoms with van der Waals surface area (Å²) in [6.45, 7) is 2.56. The third-order valence-corrected chi connectivity index (χ3v) is 2.10. The topological polar surface area (TPSA) is 40.5 Å². The van der Waals surface area contributed by atoms with Gasteiger partial charge in [0.1, 0.15) is 17.2 Å². The Morgan fingerprint density at radius 1 is 1.38 bits per heavy atom. The minimum atomic E-state index is -1.63. The zero-order valence-electron chi connectivity index (χ0n) is 9.29. The molecule has 0 bridgehead atoms. The van der Waals surface area contributed by atoms with Gasteiger partial charge in [-0.2, -0.15) is 0 Å². The highest BCUT2D eigenvalue weighted by atomic mass is 19.1. The van der Waals surface area contributed by atoms with Crippen molar-refractivity contribution in [3.05, 3.63) is 29.8 Å².